The molecule has 0 bridgehead atoms. The fourth-order valence-corrected chi connectivity index (χ4v) is 2.08. The predicted molar refractivity (Wildman–Crippen MR) is 110 cm³/mol. The molecule has 0 radical (unpaired) electrons. The molecule has 9 heteroatoms. The Kier molecular flexibility index (Phi) is 9.96. The number of ether oxygens (including phenoxy) is 2. The van der Waals surface area contributed by atoms with E-state index < -0.39 is 0 Å². The molecule has 0 aliphatic carbocycles. The zero-order valence-corrected chi connectivity index (χ0v) is 17.9. The van der Waals surface area contributed by atoms with E-state index in [1.165, 1.54) is 0 Å². The van der Waals surface area contributed by atoms with E-state index in [1.54, 1.807) is 20.4 Å². The third-order valence-corrected chi connectivity index (χ3v) is 3.53. The molecule has 2 rings (SSSR count). The van der Waals surface area contributed by atoms with Gasteiger partial charge in [-0.1, -0.05) is 6.07 Å². The average Bonchev–Trinajstić information content (AvgIpc) is 2.94. The number of methoxy groups -OCH3 is 1. The molecule has 26 heavy (non-hydrogen) atoms. The van der Waals surface area contributed by atoms with Crippen LogP contribution in [0.4, 0.5) is 0 Å². The van der Waals surface area contributed by atoms with E-state index in [0.717, 1.165) is 17.0 Å². The molecule has 2 aromatic heterocycles. The van der Waals surface area contributed by atoms with Gasteiger partial charge in [-0.25, -0.2) is 9.97 Å². The Labute approximate surface area is 170 Å². The molecule has 0 unspecified atom stereocenters. The summed E-state index contributed by atoms with van der Waals surface area (Å²) >= 11 is 0. The Morgan fingerprint density at radius 1 is 1.23 bits per heavy atom. The Morgan fingerprint density at radius 3 is 2.65 bits per heavy atom. The van der Waals surface area contributed by atoms with E-state index in [0.29, 0.717) is 44.0 Å². The number of hydrogen-bond donors (Lipinski definition) is 2. The number of aryl methyl sites for hydroxylation is 2. The van der Waals surface area contributed by atoms with Crippen molar-refractivity contribution in [2.24, 2.45) is 4.99 Å². The molecule has 0 saturated carbocycles. The number of nitrogens with one attached hydrogen (secondary N) is 2. The quantitative estimate of drug-likeness (QED) is 0.262. The van der Waals surface area contributed by atoms with Gasteiger partial charge in [0, 0.05) is 32.5 Å². The lowest BCUT2D eigenvalue weighted by atomic mass is 10.2. The predicted octanol–water partition coefficient (Wildman–Crippen LogP) is 2.19. The van der Waals surface area contributed by atoms with Gasteiger partial charge in [0.15, 0.2) is 5.96 Å². The lowest BCUT2D eigenvalue weighted by Gasteiger charge is -2.13. The molecule has 2 N–H and O–H groups in total. The third-order valence-electron chi connectivity index (χ3n) is 3.53. The van der Waals surface area contributed by atoms with Crippen molar-refractivity contribution >= 4 is 29.9 Å². The van der Waals surface area contributed by atoms with Crippen LogP contribution in [0.5, 0.6) is 5.88 Å². The minimum Gasteiger partial charge on any atom is -0.475 e. The standard InChI is InChI=1S/C17H25N5O3.HI/c1-12-13(2)25-15(22-12)11-21-17(18-3)20-10-14-6-5-7-19-16(14)24-9-8-23-4;/h5-7H,8-11H2,1-4H3,(H2,18,20,21);1H. The second-order valence-corrected chi connectivity index (χ2v) is 5.34. The van der Waals surface area contributed by atoms with Gasteiger partial charge in [-0.05, 0) is 19.9 Å². The molecule has 0 aliphatic rings. The number of nitrogens with zero attached hydrogens (tertiary/aromatic N) is 3. The van der Waals surface area contributed by atoms with Crippen molar-refractivity contribution in [1.29, 1.82) is 0 Å². The van der Waals surface area contributed by atoms with E-state index in [4.69, 9.17) is 13.9 Å². The second-order valence-electron chi connectivity index (χ2n) is 5.34. The van der Waals surface area contributed by atoms with Crippen LogP contribution < -0.4 is 15.4 Å². The van der Waals surface area contributed by atoms with E-state index in [2.05, 4.69) is 25.6 Å². The molecule has 8 nitrogen and oxygen atoms in total. The molecular weight excluding hydrogens is 449 g/mol. The number of pyridine rings is 1. The summed E-state index contributed by atoms with van der Waals surface area (Å²) in [6.07, 6.45) is 1.70. The lowest BCUT2D eigenvalue weighted by Crippen LogP contribution is -2.36. The number of aromatic nitrogens is 2. The van der Waals surface area contributed by atoms with Crippen LogP contribution in [0.1, 0.15) is 22.9 Å². The number of aliphatic imine (C=N–C) groups is 1. The summed E-state index contributed by atoms with van der Waals surface area (Å²) in [7, 11) is 3.34. The van der Waals surface area contributed by atoms with Gasteiger partial charge in [-0.15, -0.1) is 24.0 Å². The Hall–Kier alpha value is -1.88. The first kappa shape index (κ1) is 22.2. The van der Waals surface area contributed by atoms with Crippen molar-refractivity contribution in [3.8, 4) is 5.88 Å². The summed E-state index contributed by atoms with van der Waals surface area (Å²) in [5, 5.41) is 6.40. The lowest BCUT2D eigenvalue weighted by molar-refractivity contribution is 0.143. The molecule has 0 atom stereocenters. The van der Waals surface area contributed by atoms with Crippen molar-refractivity contribution < 1.29 is 13.9 Å². The summed E-state index contributed by atoms with van der Waals surface area (Å²) in [6.45, 7) is 5.77. The van der Waals surface area contributed by atoms with Gasteiger partial charge in [-0.2, -0.15) is 0 Å². The maximum absolute atomic E-state index is 5.63. The van der Waals surface area contributed by atoms with Crippen LogP contribution in [0.25, 0.3) is 0 Å². The van der Waals surface area contributed by atoms with Gasteiger partial charge in [0.1, 0.15) is 12.4 Å². The van der Waals surface area contributed by atoms with Crippen LogP contribution in [0.3, 0.4) is 0 Å². The van der Waals surface area contributed by atoms with Gasteiger partial charge >= 0.3 is 0 Å². The topological polar surface area (TPSA) is 93.8 Å². The number of guanidine groups is 1. The first-order valence-electron chi connectivity index (χ1n) is 8.07. The minimum absolute atomic E-state index is 0. The highest BCUT2D eigenvalue weighted by atomic mass is 127. The van der Waals surface area contributed by atoms with E-state index in [9.17, 15) is 0 Å². The summed E-state index contributed by atoms with van der Waals surface area (Å²) in [5.74, 6) is 2.68. The number of oxazole rings is 1. The van der Waals surface area contributed by atoms with Crippen molar-refractivity contribution in [2.75, 3.05) is 27.4 Å². The maximum atomic E-state index is 5.63. The molecule has 0 fully saturated rings. The molecular formula is C17H26IN5O3. The van der Waals surface area contributed by atoms with Crippen LogP contribution in [0.2, 0.25) is 0 Å². The minimum atomic E-state index is 0. The third kappa shape index (κ3) is 6.79. The highest BCUT2D eigenvalue weighted by Crippen LogP contribution is 2.13. The van der Waals surface area contributed by atoms with Gasteiger partial charge in [0.2, 0.25) is 11.8 Å². The monoisotopic (exact) mass is 475 g/mol. The Bertz CT molecular complexity index is 686. The largest absolute Gasteiger partial charge is 0.475 e. The number of rotatable bonds is 8. The highest BCUT2D eigenvalue weighted by Gasteiger charge is 2.08. The molecule has 0 aromatic carbocycles. The summed E-state index contributed by atoms with van der Waals surface area (Å²) < 4.78 is 16.2. The molecule has 0 spiro atoms. The van der Waals surface area contributed by atoms with Crippen LogP contribution in [0.15, 0.2) is 27.7 Å². The first-order chi connectivity index (χ1) is 12.1. The average molecular weight is 475 g/mol. The molecule has 2 aromatic rings. The van der Waals surface area contributed by atoms with E-state index in [-0.39, 0.29) is 24.0 Å². The fourth-order valence-electron chi connectivity index (χ4n) is 2.08. The van der Waals surface area contributed by atoms with Gasteiger partial charge in [0.25, 0.3) is 0 Å². The first-order valence-corrected chi connectivity index (χ1v) is 8.07. The van der Waals surface area contributed by atoms with Crippen LogP contribution in [-0.4, -0.2) is 43.3 Å². The summed E-state index contributed by atoms with van der Waals surface area (Å²) in [4.78, 5) is 12.8. The number of hydrogen-bond acceptors (Lipinski definition) is 6. The second kappa shape index (κ2) is 11.7. The highest BCUT2D eigenvalue weighted by molar-refractivity contribution is 14.0. The van der Waals surface area contributed by atoms with Crippen molar-refractivity contribution in [1.82, 2.24) is 20.6 Å². The molecule has 144 valence electrons. The summed E-state index contributed by atoms with van der Waals surface area (Å²) in [6, 6.07) is 3.82. The van der Waals surface area contributed by atoms with Crippen LogP contribution in [-0.2, 0) is 17.8 Å². The van der Waals surface area contributed by atoms with Crippen LogP contribution in [0, 0.1) is 13.8 Å². The molecule has 0 saturated heterocycles. The fraction of sp³-hybridized carbons (Fsp3) is 0.471. The van der Waals surface area contributed by atoms with Crippen molar-refractivity contribution in [2.45, 2.75) is 26.9 Å². The molecule has 2 heterocycles. The normalized spacial score (nSPS) is 11.0. The molecule has 0 amide bonds. The maximum Gasteiger partial charge on any atom is 0.218 e. The Balaban J connectivity index is 0.00000338. The Morgan fingerprint density at radius 2 is 2.00 bits per heavy atom. The van der Waals surface area contributed by atoms with Crippen molar-refractivity contribution in [3.63, 3.8) is 0 Å². The summed E-state index contributed by atoms with van der Waals surface area (Å²) in [5.41, 5.74) is 1.83. The van der Waals surface area contributed by atoms with E-state index in [1.807, 2.05) is 26.0 Å². The zero-order valence-electron chi connectivity index (χ0n) is 15.5. The van der Waals surface area contributed by atoms with E-state index >= 15 is 0 Å². The van der Waals surface area contributed by atoms with Crippen LogP contribution >= 0.6 is 24.0 Å². The molecule has 0 aliphatic heterocycles. The SMILES string of the molecule is CN=C(NCc1nc(C)c(C)o1)NCc1cccnc1OCCOC.I. The van der Waals surface area contributed by atoms with Crippen molar-refractivity contribution in [3.05, 3.63) is 41.2 Å². The zero-order chi connectivity index (χ0) is 18.1. The van der Waals surface area contributed by atoms with Gasteiger partial charge < -0.3 is 24.5 Å². The van der Waals surface area contributed by atoms with Gasteiger partial charge in [-0.3, -0.25) is 4.99 Å². The number of halogens is 1. The van der Waals surface area contributed by atoms with Gasteiger partial charge in [0.05, 0.1) is 18.8 Å². The smallest absolute Gasteiger partial charge is 0.218 e.